The molecule has 0 aliphatic carbocycles. The molecule has 2 aromatic rings. The minimum atomic E-state index is -0.425. The highest BCUT2D eigenvalue weighted by Gasteiger charge is 2.33. The molecule has 7 heteroatoms. The average molecular weight is 322 g/mol. The Bertz CT molecular complexity index is 720. The number of rotatable bonds is 1. The van der Waals surface area contributed by atoms with E-state index in [1.807, 2.05) is 0 Å². The van der Waals surface area contributed by atoms with E-state index in [1.54, 1.807) is 0 Å². The maximum Gasteiger partial charge on any atom is 0.226 e. The molecule has 0 aromatic carbocycles. The predicted octanol–water partition coefficient (Wildman–Crippen LogP) is 2.74. The Morgan fingerprint density at radius 3 is 2.59 bits per heavy atom. The standard InChI is InChI=1S/C15H20ClN5O/c1-15(2)13-17-10-11(20-6-3-4-7-20)18-14(16)19-12(10)21(13)8-5-9-22-15/h3-9H2,1-2H3. The summed E-state index contributed by atoms with van der Waals surface area (Å²) in [7, 11) is 0. The van der Waals surface area contributed by atoms with Crippen molar-refractivity contribution < 1.29 is 4.74 Å². The van der Waals surface area contributed by atoms with Crippen molar-refractivity contribution in [1.29, 1.82) is 0 Å². The second-order valence-corrected chi connectivity index (χ2v) is 6.82. The molecule has 0 bridgehead atoms. The van der Waals surface area contributed by atoms with E-state index >= 15 is 0 Å². The summed E-state index contributed by atoms with van der Waals surface area (Å²) >= 11 is 6.19. The van der Waals surface area contributed by atoms with Gasteiger partial charge in [0.1, 0.15) is 11.4 Å². The number of hydrogen-bond acceptors (Lipinski definition) is 5. The Labute approximate surface area is 134 Å². The number of imidazole rings is 1. The van der Waals surface area contributed by atoms with Crippen molar-refractivity contribution in [3.63, 3.8) is 0 Å². The number of hydrogen-bond donors (Lipinski definition) is 0. The highest BCUT2D eigenvalue weighted by atomic mass is 35.5. The number of ether oxygens (including phenoxy) is 1. The Kier molecular flexibility index (Phi) is 3.27. The summed E-state index contributed by atoms with van der Waals surface area (Å²) in [6, 6.07) is 0. The normalized spacial score (nSPS) is 21.1. The van der Waals surface area contributed by atoms with Crippen LogP contribution in [0.1, 0.15) is 38.9 Å². The lowest BCUT2D eigenvalue weighted by molar-refractivity contribution is -0.0219. The van der Waals surface area contributed by atoms with Crippen LogP contribution in [0.5, 0.6) is 0 Å². The van der Waals surface area contributed by atoms with E-state index in [1.165, 1.54) is 12.8 Å². The summed E-state index contributed by atoms with van der Waals surface area (Å²) in [6.45, 7) is 7.70. The first-order valence-corrected chi connectivity index (χ1v) is 8.27. The third kappa shape index (κ3) is 2.16. The topological polar surface area (TPSA) is 56.1 Å². The highest BCUT2D eigenvalue weighted by Crippen LogP contribution is 2.34. The average Bonchev–Trinajstić information content (AvgIpc) is 3.08. The van der Waals surface area contributed by atoms with Gasteiger partial charge in [-0.2, -0.15) is 9.97 Å². The number of fused-ring (bicyclic) bond motifs is 3. The molecular weight excluding hydrogens is 302 g/mol. The summed E-state index contributed by atoms with van der Waals surface area (Å²) in [5.74, 6) is 1.78. The molecule has 4 heterocycles. The first-order valence-electron chi connectivity index (χ1n) is 7.89. The molecular formula is C15H20ClN5O. The van der Waals surface area contributed by atoms with E-state index in [2.05, 4.69) is 33.3 Å². The van der Waals surface area contributed by atoms with Crippen LogP contribution in [0, 0.1) is 0 Å². The fourth-order valence-electron chi connectivity index (χ4n) is 3.40. The molecule has 0 unspecified atom stereocenters. The number of aromatic nitrogens is 4. The number of anilines is 1. The fourth-order valence-corrected chi connectivity index (χ4v) is 3.56. The van der Waals surface area contributed by atoms with Crippen LogP contribution in [0.15, 0.2) is 0 Å². The Morgan fingerprint density at radius 1 is 1.05 bits per heavy atom. The Balaban J connectivity index is 1.96. The van der Waals surface area contributed by atoms with Crippen molar-refractivity contribution >= 4 is 28.6 Å². The van der Waals surface area contributed by atoms with Crippen LogP contribution in [0.25, 0.3) is 11.2 Å². The van der Waals surface area contributed by atoms with Crippen LogP contribution < -0.4 is 4.90 Å². The largest absolute Gasteiger partial charge is 0.368 e. The molecule has 2 aliphatic rings. The molecule has 0 N–H and O–H groups in total. The highest BCUT2D eigenvalue weighted by molar-refractivity contribution is 6.28. The lowest BCUT2D eigenvalue weighted by atomic mass is 10.1. The molecule has 22 heavy (non-hydrogen) atoms. The van der Waals surface area contributed by atoms with E-state index in [4.69, 9.17) is 21.3 Å². The first-order chi connectivity index (χ1) is 10.6. The number of halogens is 1. The quantitative estimate of drug-likeness (QED) is 0.756. The molecule has 4 rings (SSSR count). The second-order valence-electron chi connectivity index (χ2n) is 6.48. The Morgan fingerprint density at radius 2 is 1.82 bits per heavy atom. The monoisotopic (exact) mass is 321 g/mol. The van der Waals surface area contributed by atoms with Gasteiger partial charge in [0, 0.05) is 26.2 Å². The van der Waals surface area contributed by atoms with Crippen LogP contribution in [0.4, 0.5) is 5.82 Å². The van der Waals surface area contributed by atoms with E-state index in [-0.39, 0.29) is 0 Å². The molecule has 2 aliphatic heterocycles. The van der Waals surface area contributed by atoms with Gasteiger partial charge < -0.3 is 14.2 Å². The van der Waals surface area contributed by atoms with Crippen molar-refractivity contribution in [2.75, 3.05) is 24.6 Å². The lowest BCUT2D eigenvalue weighted by Crippen LogP contribution is -2.24. The van der Waals surface area contributed by atoms with Gasteiger partial charge in [0.25, 0.3) is 0 Å². The van der Waals surface area contributed by atoms with E-state index in [0.29, 0.717) is 5.28 Å². The van der Waals surface area contributed by atoms with Crippen LogP contribution in [-0.2, 0) is 16.9 Å². The van der Waals surface area contributed by atoms with Crippen LogP contribution in [0.3, 0.4) is 0 Å². The lowest BCUT2D eigenvalue weighted by Gasteiger charge is -2.22. The van der Waals surface area contributed by atoms with E-state index < -0.39 is 5.60 Å². The Hall–Kier alpha value is -1.40. The summed E-state index contributed by atoms with van der Waals surface area (Å²) in [6.07, 6.45) is 3.32. The molecule has 6 nitrogen and oxygen atoms in total. The molecule has 2 aromatic heterocycles. The van der Waals surface area contributed by atoms with Crippen molar-refractivity contribution in [2.24, 2.45) is 0 Å². The van der Waals surface area contributed by atoms with Crippen molar-refractivity contribution in [3.05, 3.63) is 11.1 Å². The van der Waals surface area contributed by atoms with Gasteiger partial charge in [-0.15, -0.1) is 0 Å². The minimum Gasteiger partial charge on any atom is -0.368 e. The van der Waals surface area contributed by atoms with Gasteiger partial charge in [0.2, 0.25) is 5.28 Å². The molecule has 0 radical (unpaired) electrons. The van der Waals surface area contributed by atoms with Gasteiger partial charge in [-0.3, -0.25) is 0 Å². The van der Waals surface area contributed by atoms with Crippen LogP contribution >= 0.6 is 11.6 Å². The fraction of sp³-hybridized carbons (Fsp3) is 0.667. The SMILES string of the molecule is CC1(C)OCCCn2c1nc1c(N3CCCC3)nc(Cl)nc12. The molecule has 0 amide bonds. The predicted molar refractivity (Wildman–Crippen MR) is 85.4 cm³/mol. The number of aryl methyl sites for hydroxylation is 1. The zero-order chi connectivity index (χ0) is 15.3. The molecule has 0 atom stereocenters. The van der Waals surface area contributed by atoms with Gasteiger partial charge in [0.15, 0.2) is 17.0 Å². The minimum absolute atomic E-state index is 0.292. The van der Waals surface area contributed by atoms with Crippen LogP contribution in [0.2, 0.25) is 5.28 Å². The number of nitrogens with zero attached hydrogens (tertiary/aromatic N) is 5. The van der Waals surface area contributed by atoms with Crippen molar-refractivity contribution in [2.45, 2.75) is 45.3 Å². The third-order valence-electron chi connectivity index (χ3n) is 4.48. The van der Waals surface area contributed by atoms with Gasteiger partial charge in [-0.25, -0.2) is 4.98 Å². The molecule has 0 saturated carbocycles. The third-order valence-corrected chi connectivity index (χ3v) is 4.65. The molecule has 0 spiro atoms. The summed E-state index contributed by atoms with van der Waals surface area (Å²) < 4.78 is 8.11. The van der Waals surface area contributed by atoms with Crippen molar-refractivity contribution in [1.82, 2.24) is 19.5 Å². The smallest absolute Gasteiger partial charge is 0.226 e. The van der Waals surface area contributed by atoms with Gasteiger partial charge in [0.05, 0.1) is 0 Å². The molecule has 118 valence electrons. The molecule has 1 fully saturated rings. The maximum absolute atomic E-state index is 6.19. The van der Waals surface area contributed by atoms with Gasteiger partial charge in [-0.1, -0.05) is 0 Å². The summed E-state index contributed by atoms with van der Waals surface area (Å²) in [5.41, 5.74) is 1.25. The van der Waals surface area contributed by atoms with Crippen molar-refractivity contribution in [3.8, 4) is 0 Å². The zero-order valence-electron chi connectivity index (χ0n) is 13.0. The van der Waals surface area contributed by atoms with E-state index in [9.17, 15) is 0 Å². The van der Waals surface area contributed by atoms with Gasteiger partial charge in [-0.05, 0) is 44.7 Å². The maximum atomic E-state index is 6.19. The molecule has 1 saturated heterocycles. The van der Waals surface area contributed by atoms with E-state index in [0.717, 1.165) is 55.5 Å². The first kappa shape index (κ1) is 14.2. The summed E-state index contributed by atoms with van der Waals surface area (Å²) in [5, 5.41) is 0.292. The zero-order valence-corrected chi connectivity index (χ0v) is 13.7. The summed E-state index contributed by atoms with van der Waals surface area (Å²) in [4.78, 5) is 16.0. The van der Waals surface area contributed by atoms with Crippen LogP contribution in [-0.4, -0.2) is 39.2 Å². The second kappa shape index (κ2) is 5.06. The van der Waals surface area contributed by atoms with Gasteiger partial charge >= 0.3 is 0 Å².